The maximum absolute atomic E-state index is 12.9. The summed E-state index contributed by atoms with van der Waals surface area (Å²) in [7, 11) is 0. The van der Waals surface area contributed by atoms with Crippen molar-refractivity contribution in [2.45, 2.75) is 39.2 Å². The minimum Gasteiger partial charge on any atom is -0.338 e. The van der Waals surface area contributed by atoms with E-state index in [2.05, 4.69) is 56.4 Å². The molecule has 2 aromatic heterocycles. The van der Waals surface area contributed by atoms with E-state index in [4.69, 9.17) is 4.98 Å². The van der Waals surface area contributed by atoms with Crippen LogP contribution >= 0.6 is 0 Å². The molecule has 1 saturated carbocycles. The van der Waals surface area contributed by atoms with Crippen molar-refractivity contribution in [1.82, 2.24) is 24.5 Å². The Balaban J connectivity index is 1.44. The molecule has 2 aromatic carbocycles. The Labute approximate surface area is 193 Å². The van der Waals surface area contributed by atoms with Crippen molar-refractivity contribution in [2.75, 3.05) is 24.5 Å². The molecule has 2 fully saturated rings. The lowest BCUT2D eigenvalue weighted by Gasteiger charge is -2.43. The zero-order valence-electron chi connectivity index (χ0n) is 19.1. The highest BCUT2D eigenvalue weighted by Crippen LogP contribution is 2.32. The number of hydrogen-bond donors (Lipinski definition) is 0. The summed E-state index contributed by atoms with van der Waals surface area (Å²) in [6.45, 7) is 6.43. The maximum Gasteiger partial charge on any atom is 0.226 e. The Hall–Kier alpha value is -3.48. The molecule has 0 unspecified atom stereocenters. The summed E-state index contributed by atoms with van der Waals surface area (Å²) in [6.07, 6.45) is 3.26. The standard InChI is InChI=1S/C26H28N6O/c1-17-7-5-10-20(15-17)23-28-29-24-21-11-3-4-12-22(21)27-26(32(23)24)30-13-14-31(18(2)16-30)25(33)19-8-6-9-19/h3-5,7,10-12,15,18-19H,6,8-9,13-14,16H2,1-2H3/t18-/m1/s1. The Kier molecular flexibility index (Phi) is 4.78. The number of rotatable bonds is 3. The minimum absolute atomic E-state index is 0.133. The van der Waals surface area contributed by atoms with Crippen molar-refractivity contribution in [3.8, 4) is 11.4 Å². The molecule has 7 heteroatoms. The molecule has 1 amide bonds. The Morgan fingerprint density at radius 1 is 1.03 bits per heavy atom. The number of fused-ring (bicyclic) bond motifs is 3. The molecular formula is C26H28N6O. The molecule has 2 aliphatic rings. The lowest BCUT2D eigenvalue weighted by atomic mass is 9.84. The molecule has 168 valence electrons. The number of aryl methyl sites for hydroxylation is 1. The van der Waals surface area contributed by atoms with E-state index in [1.807, 2.05) is 30.3 Å². The number of benzene rings is 2. The molecule has 0 radical (unpaired) electrons. The Bertz CT molecular complexity index is 1360. The summed E-state index contributed by atoms with van der Waals surface area (Å²) in [5.74, 6) is 2.19. The van der Waals surface area contributed by atoms with E-state index in [-0.39, 0.29) is 12.0 Å². The highest BCUT2D eigenvalue weighted by molar-refractivity contribution is 5.93. The summed E-state index contributed by atoms with van der Waals surface area (Å²) >= 11 is 0. The molecule has 1 saturated heterocycles. The highest BCUT2D eigenvalue weighted by atomic mass is 16.2. The summed E-state index contributed by atoms with van der Waals surface area (Å²) in [4.78, 5) is 22.4. The first-order valence-electron chi connectivity index (χ1n) is 11.9. The van der Waals surface area contributed by atoms with Crippen molar-refractivity contribution in [3.05, 3.63) is 54.1 Å². The lowest BCUT2D eigenvalue weighted by molar-refractivity contribution is -0.140. The van der Waals surface area contributed by atoms with Crippen LogP contribution < -0.4 is 4.90 Å². The second-order valence-electron chi connectivity index (χ2n) is 9.44. The largest absolute Gasteiger partial charge is 0.338 e. The first-order chi connectivity index (χ1) is 16.1. The second kappa shape index (κ2) is 7.83. The smallest absolute Gasteiger partial charge is 0.226 e. The topological polar surface area (TPSA) is 66.6 Å². The summed E-state index contributed by atoms with van der Waals surface area (Å²) in [5, 5.41) is 10.2. The molecule has 33 heavy (non-hydrogen) atoms. The van der Waals surface area contributed by atoms with Gasteiger partial charge in [0.1, 0.15) is 0 Å². The number of nitrogens with zero attached hydrogens (tertiary/aromatic N) is 6. The summed E-state index contributed by atoms with van der Waals surface area (Å²) in [6, 6.07) is 16.6. The zero-order valence-corrected chi connectivity index (χ0v) is 19.1. The molecule has 1 atom stereocenters. The third kappa shape index (κ3) is 3.34. The first kappa shape index (κ1) is 20.1. The summed E-state index contributed by atoms with van der Waals surface area (Å²) in [5.41, 5.74) is 3.92. The average Bonchev–Trinajstić information content (AvgIpc) is 3.23. The van der Waals surface area contributed by atoms with Crippen LogP contribution in [-0.2, 0) is 4.79 Å². The van der Waals surface area contributed by atoms with Crippen LogP contribution in [0, 0.1) is 12.8 Å². The van der Waals surface area contributed by atoms with Crippen molar-refractivity contribution in [3.63, 3.8) is 0 Å². The predicted molar refractivity (Wildman–Crippen MR) is 129 cm³/mol. The molecule has 1 aliphatic heterocycles. The van der Waals surface area contributed by atoms with Gasteiger partial charge in [0.2, 0.25) is 11.9 Å². The molecule has 0 bridgehead atoms. The molecule has 7 nitrogen and oxygen atoms in total. The molecule has 6 rings (SSSR count). The van der Waals surface area contributed by atoms with Gasteiger partial charge < -0.3 is 9.80 Å². The van der Waals surface area contributed by atoms with Gasteiger partial charge in [0, 0.05) is 42.5 Å². The van der Waals surface area contributed by atoms with Gasteiger partial charge in [-0.2, -0.15) is 0 Å². The molecule has 0 spiro atoms. The number of carbonyl (C=O) groups is 1. The van der Waals surface area contributed by atoms with Crippen LogP contribution in [-0.4, -0.2) is 56.1 Å². The van der Waals surface area contributed by atoms with E-state index in [1.165, 1.54) is 12.0 Å². The third-order valence-electron chi connectivity index (χ3n) is 7.15. The van der Waals surface area contributed by atoms with Crippen LogP contribution in [0.15, 0.2) is 48.5 Å². The number of carbonyl (C=O) groups excluding carboxylic acids is 1. The highest BCUT2D eigenvalue weighted by Gasteiger charge is 2.35. The van der Waals surface area contributed by atoms with E-state index in [0.717, 1.165) is 59.8 Å². The van der Waals surface area contributed by atoms with Gasteiger partial charge >= 0.3 is 0 Å². The van der Waals surface area contributed by atoms with Crippen LogP contribution in [0.3, 0.4) is 0 Å². The van der Waals surface area contributed by atoms with E-state index in [0.29, 0.717) is 12.5 Å². The van der Waals surface area contributed by atoms with Crippen LogP contribution in [0.2, 0.25) is 0 Å². The van der Waals surface area contributed by atoms with E-state index in [1.54, 1.807) is 0 Å². The number of para-hydroxylation sites is 1. The van der Waals surface area contributed by atoms with Gasteiger partial charge in [0.25, 0.3) is 0 Å². The normalized spacial score (nSPS) is 19.3. The van der Waals surface area contributed by atoms with Gasteiger partial charge in [-0.3, -0.25) is 4.79 Å². The van der Waals surface area contributed by atoms with Crippen molar-refractivity contribution in [1.29, 1.82) is 0 Å². The van der Waals surface area contributed by atoms with E-state index < -0.39 is 0 Å². The summed E-state index contributed by atoms with van der Waals surface area (Å²) < 4.78 is 2.09. The van der Waals surface area contributed by atoms with E-state index in [9.17, 15) is 4.79 Å². The fraction of sp³-hybridized carbons (Fsp3) is 0.385. The number of piperazine rings is 1. The van der Waals surface area contributed by atoms with Gasteiger partial charge in [-0.1, -0.05) is 42.3 Å². The fourth-order valence-electron chi connectivity index (χ4n) is 5.11. The Morgan fingerprint density at radius 3 is 2.64 bits per heavy atom. The van der Waals surface area contributed by atoms with Gasteiger partial charge in [0.05, 0.1) is 5.52 Å². The lowest BCUT2D eigenvalue weighted by Crippen LogP contribution is -2.56. The minimum atomic E-state index is 0.133. The Morgan fingerprint density at radius 2 is 1.88 bits per heavy atom. The van der Waals surface area contributed by atoms with Crippen molar-refractivity contribution >= 4 is 28.4 Å². The second-order valence-corrected chi connectivity index (χ2v) is 9.44. The molecule has 0 N–H and O–H groups in total. The van der Waals surface area contributed by atoms with Crippen molar-refractivity contribution < 1.29 is 4.79 Å². The third-order valence-corrected chi connectivity index (χ3v) is 7.15. The molecular weight excluding hydrogens is 412 g/mol. The maximum atomic E-state index is 12.9. The fourth-order valence-corrected chi connectivity index (χ4v) is 5.11. The molecule has 3 heterocycles. The van der Waals surface area contributed by atoms with Crippen LogP contribution in [0.4, 0.5) is 5.95 Å². The molecule has 1 aliphatic carbocycles. The van der Waals surface area contributed by atoms with Crippen LogP contribution in [0.5, 0.6) is 0 Å². The first-order valence-corrected chi connectivity index (χ1v) is 11.9. The SMILES string of the molecule is Cc1cccc(-c2nnc3c4ccccc4nc(N4CCN(C(=O)C5CCC5)[C@H](C)C4)n23)c1. The van der Waals surface area contributed by atoms with Gasteiger partial charge in [-0.25, -0.2) is 9.38 Å². The number of anilines is 1. The zero-order chi connectivity index (χ0) is 22.5. The number of amides is 1. The van der Waals surface area contributed by atoms with E-state index >= 15 is 0 Å². The number of hydrogen-bond acceptors (Lipinski definition) is 5. The number of aromatic nitrogens is 4. The molecule has 4 aromatic rings. The van der Waals surface area contributed by atoms with Gasteiger partial charge in [-0.05, 0) is 44.9 Å². The quantitative estimate of drug-likeness (QED) is 0.480. The van der Waals surface area contributed by atoms with Crippen LogP contribution in [0.25, 0.3) is 27.9 Å². The van der Waals surface area contributed by atoms with Gasteiger partial charge in [0.15, 0.2) is 11.5 Å². The van der Waals surface area contributed by atoms with Crippen LogP contribution in [0.1, 0.15) is 31.7 Å². The predicted octanol–water partition coefficient (Wildman–Crippen LogP) is 4.09. The van der Waals surface area contributed by atoms with Crippen molar-refractivity contribution in [2.24, 2.45) is 5.92 Å². The monoisotopic (exact) mass is 440 g/mol. The average molecular weight is 441 g/mol. The van der Waals surface area contributed by atoms with Gasteiger partial charge in [-0.15, -0.1) is 10.2 Å².